The topological polar surface area (TPSA) is 62.5 Å². The molecule has 1 aliphatic carbocycles. The Morgan fingerprint density at radius 1 is 1.26 bits per heavy atom. The molecule has 0 atom stereocenters. The Morgan fingerprint density at radius 2 is 1.93 bits per heavy atom. The fraction of sp³-hybridized carbons (Fsp3) is 0.500. The van der Waals surface area contributed by atoms with Gasteiger partial charge in [0, 0.05) is 31.7 Å². The molecule has 0 saturated heterocycles. The van der Waals surface area contributed by atoms with E-state index in [9.17, 15) is 18.0 Å². The number of amides is 2. The molecular formula is C18H21F3N4O2. The number of halogens is 3. The molecule has 0 N–H and O–H groups in total. The van der Waals surface area contributed by atoms with Crippen molar-refractivity contribution in [2.45, 2.75) is 44.9 Å². The number of hydrogen-bond acceptors (Lipinski definition) is 4. The smallest absolute Gasteiger partial charge is 0.329 e. The summed E-state index contributed by atoms with van der Waals surface area (Å²) >= 11 is 0. The van der Waals surface area contributed by atoms with Crippen LogP contribution >= 0.6 is 0 Å². The SMILES string of the molecule is CCCN(C(=O)N(C)Cc1ccc(-c2noc(C(F)(F)F)n2)cc1)C1CC1. The molecule has 146 valence electrons. The van der Waals surface area contributed by atoms with Gasteiger partial charge in [0.1, 0.15) is 0 Å². The Labute approximate surface area is 154 Å². The number of carbonyl (C=O) groups excluding carboxylic acids is 1. The summed E-state index contributed by atoms with van der Waals surface area (Å²) in [4.78, 5) is 19.5. The maximum absolute atomic E-state index is 12.6. The number of aromatic nitrogens is 2. The van der Waals surface area contributed by atoms with E-state index < -0.39 is 12.1 Å². The van der Waals surface area contributed by atoms with E-state index in [1.54, 1.807) is 36.2 Å². The lowest BCUT2D eigenvalue weighted by Crippen LogP contribution is -2.42. The molecule has 3 rings (SSSR count). The van der Waals surface area contributed by atoms with Crippen LogP contribution in [0.1, 0.15) is 37.6 Å². The molecule has 1 saturated carbocycles. The van der Waals surface area contributed by atoms with Crippen molar-refractivity contribution in [3.05, 3.63) is 35.7 Å². The molecule has 1 fully saturated rings. The maximum Gasteiger partial charge on any atom is 0.471 e. The summed E-state index contributed by atoms with van der Waals surface area (Å²) in [5.41, 5.74) is 1.28. The van der Waals surface area contributed by atoms with Crippen molar-refractivity contribution in [3.8, 4) is 11.4 Å². The molecule has 0 unspecified atom stereocenters. The van der Waals surface area contributed by atoms with Gasteiger partial charge in [0.25, 0.3) is 0 Å². The zero-order chi connectivity index (χ0) is 19.6. The summed E-state index contributed by atoms with van der Waals surface area (Å²) in [5, 5.41) is 3.36. The number of benzene rings is 1. The van der Waals surface area contributed by atoms with Gasteiger partial charge in [-0.1, -0.05) is 36.3 Å². The average molecular weight is 382 g/mol. The number of alkyl halides is 3. The second-order valence-electron chi connectivity index (χ2n) is 6.68. The molecule has 0 bridgehead atoms. The number of urea groups is 1. The molecule has 1 aromatic carbocycles. The Bertz CT molecular complexity index is 785. The number of hydrogen-bond donors (Lipinski definition) is 0. The minimum atomic E-state index is -4.67. The van der Waals surface area contributed by atoms with Crippen LogP contribution in [0.5, 0.6) is 0 Å². The van der Waals surface area contributed by atoms with Gasteiger partial charge in [-0.15, -0.1) is 0 Å². The highest BCUT2D eigenvalue weighted by Crippen LogP contribution is 2.30. The van der Waals surface area contributed by atoms with E-state index in [2.05, 4.69) is 14.7 Å². The molecule has 2 amide bonds. The third-order valence-electron chi connectivity index (χ3n) is 4.32. The zero-order valence-corrected chi connectivity index (χ0v) is 15.2. The summed E-state index contributed by atoms with van der Waals surface area (Å²) in [6, 6.07) is 7.06. The first kappa shape index (κ1) is 19.2. The van der Waals surface area contributed by atoms with E-state index in [0.29, 0.717) is 18.2 Å². The minimum Gasteiger partial charge on any atom is -0.329 e. The van der Waals surface area contributed by atoms with Crippen LogP contribution in [0.25, 0.3) is 11.4 Å². The van der Waals surface area contributed by atoms with E-state index in [-0.39, 0.29) is 11.9 Å². The first-order valence-corrected chi connectivity index (χ1v) is 8.81. The van der Waals surface area contributed by atoms with Gasteiger partial charge in [0.15, 0.2) is 0 Å². The normalized spacial score (nSPS) is 14.3. The molecule has 1 aromatic heterocycles. The first-order chi connectivity index (χ1) is 12.8. The third-order valence-corrected chi connectivity index (χ3v) is 4.32. The second-order valence-corrected chi connectivity index (χ2v) is 6.68. The third kappa shape index (κ3) is 4.58. The molecule has 27 heavy (non-hydrogen) atoms. The van der Waals surface area contributed by atoms with Crippen LogP contribution in [0, 0.1) is 0 Å². The average Bonchev–Trinajstić information content (AvgIpc) is 3.33. The summed E-state index contributed by atoms with van der Waals surface area (Å²) < 4.78 is 41.9. The minimum absolute atomic E-state index is 0.00332. The van der Waals surface area contributed by atoms with Crippen molar-refractivity contribution in [3.63, 3.8) is 0 Å². The summed E-state index contributed by atoms with van der Waals surface area (Å²) in [5.74, 6) is -1.50. The Balaban J connectivity index is 1.65. The van der Waals surface area contributed by atoms with E-state index in [1.165, 1.54) is 0 Å². The van der Waals surface area contributed by atoms with Gasteiger partial charge in [-0.3, -0.25) is 0 Å². The lowest BCUT2D eigenvalue weighted by Gasteiger charge is -2.28. The van der Waals surface area contributed by atoms with Crippen LogP contribution in [0.3, 0.4) is 0 Å². The van der Waals surface area contributed by atoms with Crippen LogP contribution in [-0.4, -0.2) is 45.6 Å². The standard InChI is InChI=1S/C18H21F3N4O2/c1-3-10-25(14-8-9-14)17(26)24(2)11-12-4-6-13(7-5-12)15-22-16(27-23-15)18(19,20)21/h4-7,14H,3,8-11H2,1-2H3. The number of carbonyl (C=O) groups is 1. The van der Waals surface area contributed by atoms with Gasteiger partial charge in [-0.2, -0.15) is 18.2 Å². The predicted molar refractivity (Wildman–Crippen MR) is 91.6 cm³/mol. The number of rotatable bonds is 6. The van der Waals surface area contributed by atoms with Gasteiger partial charge in [-0.05, 0) is 24.8 Å². The van der Waals surface area contributed by atoms with E-state index in [0.717, 1.165) is 31.4 Å². The highest BCUT2D eigenvalue weighted by molar-refractivity contribution is 5.75. The zero-order valence-electron chi connectivity index (χ0n) is 15.2. The summed E-state index contributed by atoms with van der Waals surface area (Å²) in [6.07, 6.45) is -1.65. The molecule has 6 nitrogen and oxygen atoms in total. The van der Waals surface area contributed by atoms with Gasteiger partial charge in [-0.25, -0.2) is 4.79 Å². The van der Waals surface area contributed by atoms with Crippen LogP contribution in [0.4, 0.5) is 18.0 Å². The van der Waals surface area contributed by atoms with Gasteiger partial charge in [0.05, 0.1) is 0 Å². The molecule has 1 aliphatic rings. The van der Waals surface area contributed by atoms with E-state index in [1.807, 2.05) is 11.8 Å². The van der Waals surface area contributed by atoms with Gasteiger partial charge < -0.3 is 14.3 Å². The van der Waals surface area contributed by atoms with Crippen LogP contribution in [-0.2, 0) is 12.7 Å². The lowest BCUT2D eigenvalue weighted by atomic mass is 10.1. The molecule has 2 aromatic rings. The van der Waals surface area contributed by atoms with Crippen molar-refractivity contribution in [2.24, 2.45) is 0 Å². The largest absolute Gasteiger partial charge is 0.471 e. The molecule has 0 spiro atoms. The van der Waals surface area contributed by atoms with Crippen molar-refractivity contribution >= 4 is 6.03 Å². The highest BCUT2D eigenvalue weighted by Gasteiger charge is 2.38. The Morgan fingerprint density at radius 3 is 2.44 bits per heavy atom. The fourth-order valence-corrected chi connectivity index (χ4v) is 2.84. The monoisotopic (exact) mass is 382 g/mol. The van der Waals surface area contributed by atoms with Crippen LogP contribution in [0.15, 0.2) is 28.8 Å². The molecule has 0 radical (unpaired) electrons. The van der Waals surface area contributed by atoms with Gasteiger partial charge >= 0.3 is 18.1 Å². The second kappa shape index (κ2) is 7.58. The predicted octanol–water partition coefficient (Wildman–Crippen LogP) is 4.18. The van der Waals surface area contributed by atoms with Crippen LogP contribution < -0.4 is 0 Å². The van der Waals surface area contributed by atoms with Crippen molar-refractivity contribution in [1.29, 1.82) is 0 Å². The maximum atomic E-state index is 12.6. The molecule has 0 aliphatic heterocycles. The first-order valence-electron chi connectivity index (χ1n) is 8.81. The van der Waals surface area contributed by atoms with Gasteiger partial charge in [0.2, 0.25) is 5.82 Å². The van der Waals surface area contributed by atoms with E-state index >= 15 is 0 Å². The molecule has 9 heteroatoms. The molecular weight excluding hydrogens is 361 g/mol. The Kier molecular flexibility index (Phi) is 5.38. The van der Waals surface area contributed by atoms with E-state index in [4.69, 9.17) is 0 Å². The summed E-state index contributed by atoms with van der Waals surface area (Å²) in [7, 11) is 1.75. The summed E-state index contributed by atoms with van der Waals surface area (Å²) in [6.45, 7) is 3.20. The molecule has 1 heterocycles. The lowest BCUT2D eigenvalue weighted by molar-refractivity contribution is -0.159. The fourth-order valence-electron chi connectivity index (χ4n) is 2.84. The Hall–Kier alpha value is -2.58. The van der Waals surface area contributed by atoms with Crippen molar-refractivity contribution in [1.82, 2.24) is 19.9 Å². The number of nitrogens with zero attached hydrogens (tertiary/aromatic N) is 4. The van der Waals surface area contributed by atoms with Crippen molar-refractivity contribution < 1.29 is 22.5 Å². The van der Waals surface area contributed by atoms with Crippen LogP contribution in [0.2, 0.25) is 0 Å². The highest BCUT2D eigenvalue weighted by atomic mass is 19.4. The quantitative estimate of drug-likeness (QED) is 0.752. The van der Waals surface area contributed by atoms with Crippen molar-refractivity contribution in [2.75, 3.05) is 13.6 Å².